The highest BCUT2D eigenvalue weighted by Gasteiger charge is 2.48. The third-order valence-corrected chi connectivity index (χ3v) is 9.67. The van der Waals surface area contributed by atoms with Crippen molar-refractivity contribution in [2.75, 3.05) is 26.7 Å². The summed E-state index contributed by atoms with van der Waals surface area (Å²) >= 11 is 0. The van der Waals surface area contributed by atoms with Crippen molar-refractivity contribution in [1.29, 1.82) is 0 Å². The van der Waals surface area contributed by atoms with Crippen molar-refractivity contribution in [2.24, 2.45) is 12.5 Å². The first-order chi connectivity index (χ1) is 22.1. The molecule has 12 heteroatoms. The summed E-state index contributed by atoms with van der Waals surface area (Å²) in [7, 11) is 3.65. The van der Waals surface area contributed by atoms with Crippen LogP contribution in [-0.2, 0) is 26.3 Å². The first-order valence-electron chi connectivity index (χ1n) is 15.5. The van der Waals surface area contributed by atoms with E-state index < -0.39 is 23.8 Å². The van der Waals surface area contributed by atoms with Crippen LogP contribution in [0.3, 0.4) is 0 Å². The molecule has 2 fully saturated rings. The molecule has 1 atom stereocenters. The molecule has 9 nitrogen and oxygen atoms in total. The molecule has 3 aromatic rings. The number of carbonyl (C=O) groups is 1. The molecule has 46 heavy (non-hydrogen) atoms. The van der Waals surface area contributed by atoms with Gasteiger partial charge in [-0.3, -0.25) is 24.9 Å². The lowest BCUT2D eigenvalue weighted by Crippen LogP contribution is -2.47. The number of likely N-dealkylation sites (N-methyl/N-ethyl adjacent to an activating group) is 1. The minimum Gasteiger partial charge on any atom is -0.342 e. The molecule has 1 saturated carbocycles. The van der Waals surface area contributed by atoms with Crippen LogP contribution in [0, 0.1) is 17.8 Å². The van der Waals surface area contributed by atoms with Crippen molar-refractivity contribution in [1.82, 2.24) is 39.8 Å². The van der Waals surface area contributed by atoms with Gasteiger partial charge in [0, 0.05) is 69.2 Å². The van der Waals surface area contributed by atoms with Crippen molar-refractivity contribution in [2.45, 2.75) is 51.1 Å². The first-order valence-corrected chi connectivity index (χ1v) is 15.5. The standard InChI is InChI=1S/C34H35F3N8O/c1-4-5-10-39-29-15-23(26-17-38-11-6-24(26)31-41-40-21-42(31)2)16-30(43(29)3)45-19-27-25(32(45)46)13-22(14-28(27)34(35,36)37)18-44-12-9-33(20-44)7-8-33/h1,6,11,13-17,21,29,39H,5,7-10,12,18-20H2,2-3H3. The summed E-state index contributed by atoms with van der Waals surface area (Å²) in [4.78, 5) is 24.0. The molecule has 1 saturated heterocycles. The Hall–Kier alpha value is -4.47. The Bertz CT molecular complexity index is 1800. The van der Waals surface area contributed by atoms with Gasteiger partial charge in [0.25, 0.3) is 5.91 Å². The number of fused-ring (bicyclic) bond motifs is 1. The fourth-order valence-corrected chi connectivity index (χ4v) is 6.99. The number of hydrogen-bond acceptors (Lipinski definition) is 7. The van der Waals surface area contributed by atoms with E-state index in [9.17, 15) is 18.0 Å². The zero-order valence-corrected chi connectivity index (χ0v) is 25.8. The smallest absolute Gasteiger partial charge is 0.342 e. The van der Waals surface area contributed by atoms with Gasteiger partial charge in [0.2, 0.25) is 0 Å². The quantitative estimate of drug-likeness (QED) is 0.288. The Morgan fingerprint density at radius 3 is 2.67 bits per heavy atom. The molecule has 1 aliphatic carbocycles. The van der Waals surface area contributed by atoms with E-state index in [0.29, 0.717) is 42.1 Å². The molecule has 1 N–H and O–H groups in total. The maximum atomic E-state index is 14.5. The lowest BCUT2D eigenvalue weighted by atomic mass is 9.97. The van der Waals surface area contributed by atoms with Gasteiger partial charge in [0.1, 0.15) is 18.3 Å². The number of benzene rings is 1. The van der Waals surface area contributed by atoms with Gasteiger partial charge in [-0.25, -0.2) is 0 Å². The average molecular weight is 629 g/mol. The Morgan fingerprint density at radius 1 is 1.15 bits per heavy atom. The monoisotopic (exact) mass is 628 g/mol. The van der Waals surface area contributed by atoms with Crippen LogP contribution in [0.5, 0.6) is 0 Å². The molecule has 4 aliphatic rings. The number of nitrogens with zero attached hydrogens (tertiary/aromatic N) is 7. The van der Waals surface area contributed by atoms with E-state index in [2.05, 4.69) is 31.3 Å². The van der Waals surface area contributed by atoms with Gasteiger partial charge < -0.3 is 9.47 Å². The molecule has 0 radical (unpaired) electrons. The molecule has 1 unspecified atom stereocenters. The first kappa shape index (κ1) is 30.2. The summed E-state index contributed by atoms with van der Waals surface area (Å²) in [5.74, 6) is 3.26. The van der Waals surface area contributed by atoms with E-state index in [4.69, 9.17) is 6.42 Å². The fraction of sp³-hybridized carbons (Fsp3) is 0.412. The third kappa shape index (κ3) is 5.48. The van der Waals surface area contributed by atoms with E-state index in [0.717, 1.165) is 36.2 Å². The average Bonchev–Trinajstić information content (AvgIpc) is 3.28. The second-order valence-electron chi connectivity index (χ2n) is 12.8. The summed E-state index contributed by atoms with van der Waals surface area (Å²) in [6.07, 6.45) is 13.2. The number of hydrogen-bond donors (Lipinski definition) is 1. The lowest BCUT2D eigenvalue weighted by molar-refractivity contribution is -0.138. The van der Waals surface area contributed by atoms with Gasteiger partial charge in [0.05, 0.1) is 12.1 Å². The number of pyridine rings is 1. The molecule has 3 aliphatic heterocycles. The van der Waals surface area contributed by atoms with Crippen LogP contribution in [0.2, 0.25) is 0 Å². The normalized spacial score (nSPS) is 20.6. The predicted molar refractivity (Wildman–Crippen MR) is 166 cm³/mol. The highest BCUT2D eigenvalue weighted by Crippen LogP contribution is 2.53. The van der Waals surface area contributed by atoms with E-state index >= 15 is 0 Å². The second-order valence-corrected chi connectivity index (χ2v) is 12.8. The lowest BCUT2D eigenvalue weighted by Gasteiger charge is -2.38. The van der Waals surface area contributed by atoms with E-state index in [1.165, 1.54) is 23.8 Å². The number of rotatable bonds is 8. The molecule has 1 amide bonds. The summed E-state index contributed by atoms with van der Waals surface area (Å²) in [6.45, 7) is 2.47. The van der Waals surface area contributed by atoms with Crippen LogP contribution in [-0.4, -0.2) is 73.2 Å². The van der Waals surface area contributed by atoms with E-state index in [-0.39, 0.29) is 17.7 Å². The number of likely N-dealkylation sites (tertiary alicyclic amines) is 1. The number of carbonyl (C=O) groups excluding carboxylic acids is 1. The SMILES string of the molecule is C#CCCNC1C=C(c2cnccc2-c2nncn2C)C=C(N2Cc3c(cc(CN4CCC5(CC5)C4)cc3C(F)(F)F)C2=O)N1C. The Kier molecular flexibility index (Phi) is 7.48. The minimum atomic E-state index is -4.60. The third-order valence-electron chi connectivity index (χ3n) is 9.67. The largest absolute Gasteiger partial charge is 0.416 e. The van der Waals surface area contributed by atoms with Crippen molar-refractivity contribution in [3.8, 4) is 23.7 Å². The molecule has 0 bridgehead atoms. The number of amides is 1. The highest BCUT2D eigenvalue weighted by molar-refractivity contribution is 6.00. The molecule has 238 valence electrons. The summed E-state index contributed by atoms with van der Waals surface area (Å²) in [5.41, 5.74) is 2.49. The van der Waals surface area contributed by atoms with Gasteiger partial charge in [-0.15, -0.1) is 22.5 Å². The number of nitrogens with one attached hydrogen (secondary N) is 1. The van der Waals surface area contributed by atoms with Gasteiger partial charge in [-0.1, -0.05) is 0 Å². The molecular formula is C34H35F3N8O. The number of terminal acetylenes is 1. The predicted octanol–water partition coefficient (Wildman–Crippen LogP) is 4.65. The van der Waals surface area contributed by atoms with Crippen LogP contribution in [0.25, 0.3) is 17.0 Å². The Morgan fingerprint density at radius 2 is 1.98 bits per heavy atom. The van der Waals surface area contributed by atoms with Crippen LogP contribution in [0.4, 0.5) is 13.2 Å². The number of halogens is 3. The molecule has 1 aromatic carbocycles. The van der Waals surface area contributed by atoms with Gasteiger partial charge in [0.15, 0.2) is 5.82 Å². The topological polar surface area (TPSA) is 82.4 Å². The zero-order chi connectivity index (χ0) is 32.2. The van der Waals surface area contributed by atoms with Gasteiger partial charge >= 0.3 is 6.18 Å². The van der Waals surface area contributed by atoms with E-state index in [1.807, 2.05) is 37.2 Å². The molecule has 5 heterocycles. The van der Waals surface area contributed by atoms with E-state index in [1.54, 1.807) is 29.4 Å². The summed E-state index contributed by atoms with van der Waals surface area (Å²) < 4.78 is 45.4. The maximum Gasteiger partial charge on any atom is 0.416 e. The number of allylic oxidation sites excluding steroid dienone is 2. The van der Waals surface area contributed by atoms with Crippen LogP contribution in [0.15, 0.2) is 54.9 Å². The van der Waals surface area contributed by atoms with Crippen LogP contribution < -0.4 is 5.32 Å². The zero-order valence-electron chi connectivity index (χ0n) is 25.8. The van der Waals surface area contributed by atoms with Crippen molar-refractivity contribution < 1.29 is 18.0 Å². The van der Waals surface area contributed by atoms with Gasteiger partial charge in [-0.05, 0) is 78.3 Å². The van der Waals surface area contributed by atoms with Crippen LogP contribution >= 0.6 is 0 Å². The fourth-order valence-electron chi connectivity index (χ4n) is 6.99. The molecule has 2 aromatic heterocycles. The van der Waals surface area contributed by atoms with Crippen molar-refractivity contribution >= 4 is 11.5 Å². The number of aryl methyl sites for hydroxylation is 1. The highest BCUT2D eigenvalue weighted by atomic mass is 19.4. The molecule has 1 spiro atoms. The van der Waals surface area contributed by atoms with Crippen molar-refractivity contribution in [3.63, 3.8) is 0 Å². The summed E-state index contributed by atoms with van der Waals surface area (Å²) in [6, 6.07) is 4.75. The Labute approximate surface area is 265 Å². The second kappa shape index (κ2) is 11.4. The Balaban J connectivity index is 1.26. The summed E-state index contributed by atoms with van der Waals surface area (Å²) in [5, 5.41) is 11.7. The number of aromatic nitrogens is 4. The minimum absolute atomic E-state index is 0.00438. The van der Waals surface area contributed by atoms with Crippen molar-refractivity contribution in [3.05, 3.63) is 82.7 Å². The molecular weight excluding hydrogens is 593 g/mol. The number of alkyl halides is 3. The maximum absolute atomic E-state index is 14.5. The molecule has 7 rings (SSSR count). The van der Waals surface area contributed by atoms with Crippen LogP contribution in [0.1, 0.15) is 58.3 Å². The van der Waals surface area contributed by atoms with Gasteiger partial charge in [-0.2, -0.15) is 13.2 Å².